The van der Waals surface area contributed by atoms with Crippen molar-refractivity contribution in [1.82, 2.24) is 14.9 Å². The summed E-state index contributed by atoms with van der Waals surface area (Å²) in [6, 6.07) is 6.20. The van der Waals surface area contributed by atoms with Crippen LogP contribution in [0.15, 0.2) is 41.7 Å². The maximum Gasteiger partial charge on any atom is 0.225 e. The highest BCUT2D eigenvalue weighted by atomic mass is 127. The van der Waals surface area contributed by atoms with Crippen LogP contribution in [-0.4, -0.2) is 53.6 Å². The number of aromatic nitrogens is 2. The summed E-state index contributed by atoms with van der Waals surface area (Å²) in [5.74, 6) is 0.924. The molecule has 9 heteroatoms. The van der Waals surface area contributed by atoms with Crippen molar-refractivity contribution in [2.75, 3.05) is 37.6 Å². The minimum atomic E-state index is -0.336. The van der Waals surface area contributed by atoms with Gasteiger partial charge in [0.1, 0.15) is 5.82 Å². The SMILES string of the molecule is I.NC(=NCCc1ccc(F)cc1Cl)N1CCN(c2ncccn2)CC1. The highest BCUT2D eigenvalue weighted by Gasteiger charge is 2.19. The lowest BCUT2D eigenvalue weighted by Crippen LogP contribution is -2.51. The monoisotopic (exact) mass is 490 g/mol. The zero-order valence-corrected chi connectivity index (χ0v) is 17.3. The number of rotatable bonds is 4. The van der Waals surface area contributed by atoms with E-state index >= 15 is 0 Å². The lowest BCUT2D eigenvalue weighted by Gasteiger charge is -2.35. The quantitative estimate of drug-likeness (QED) is 0.405. The van der Waals surface area contributed by atoms with Gasteiger partial charge in [0.25, 0.3) is 0 Å². The number of anilines is 1. The summed E-state index contributed by atoms with van der Waals surface area (Å²) in [5.41, 5.74) is 6.96. The van der Waals surface area contributed by atoms with E-state index in [1.807, 2.05) is 4.90 Å². The second-order valence-electron chi connectivity index (χ2n) is 5.75. The normalized spacial score (nSPS) is 14.9. The van der Waals surface area contributed by atoms with E-state index in [2.05, 4.69) is 19.9 Å². The molecular formula is C17H21ClFIN6. The Hall–Kier alpha value is -1.68. The first-order valence-electron chi connectivity index (χ1n) is 8.14. The standard InChI is InChI=1S/C17H20ClFN6.HI/c18-15-12-14(19)3-2-13(15)4-7-21-16(20)24-8-10-25(11-9-24)17-22-5-1-6-23-17;/h1-3,5-6,12H,4,7-11H2,(H2,20,21);1H. The predicted octanol–water partition coefficient (Wildman–Crippen LogP) is 2.57. The third kappa shape index (κ3) is 5.41. The van der Waals surface area contributed by atoms with Gasteiger partial charge in [-0.2, -0.15) is 0 Å². The molecule has 6 nitrogen and oxygen atoms in total. The minimum absolute atomic E-state index is 0. The highest BCUT2D eigenvalue weighted by Crippen LogP contribution is 2.17. The number of aliphatic imine (C=N–C) groups is 1. The second kappa shape index (κ2) is 9.86. The highest BCUT2D eigenvalue weighted by molar-refractivity contribution is 14.0. The maximum atomic E-state index is 13.0. The molecule has 1 fully saturated rings. The number of nitrogens with zero attached hydrogens (tertiary/aromatic N) is 5. The molecule has 26 heavy (non-hydrogen) atoms. The summed E-state index contributed by atoms with van der Waals surface area (Å²) in [6.45, 7) is 3.64. The lowest BCUT2D eigenvalue weighted by atomic mass is 10.1. The van der Waals surface area contributed by atoms with Gasteiger partial charge in [0.2, 0.25) is 5.95 Å². The Bertz CT molecular complexity index is 737. The molecule has 1 aromatic carbocycles. The number of halogens is 3. The molecule has 140 valence electrons. The number of guanidine groups is 1. The van der Waals surface area contributed by atoms with Crippen LogP contribution in [0.1, 0.15) is 5.56 Å². The largest absolute Gasteiger partial charge is 0.370 e. The van der Waals surface area contributed by atoms with E-state index in [-0.39, 0.29) is 29.8 Å². The summed E-state index contributed by atoms with van der Waals surface area (Å²) in [4.78, 5) is 17.1. The van der Waals surface area contributed by atoms with Crippen LogP contribution in [0.3, 0.4) is 0 Å². The molecule has 3 rings (SSSR count). The third-order valence-electron chi connectivity index (χ3n) is 4.11. The zero-order valence-electron chi connectivity index (χ0n) is 14.2. The van der Waals surface area contributed by atoms with E-state index in [0.717, 1.165) is 37.7 Å². The Balaban J connectivity index is 0.00000243. The van der Waals surface area contributed by atoms with Crippen molar-refractivity contribution in [3.8, 4) is 0 Å². The first-order chi connectivity index (χ1) is 12.1. The smallest absolute Gasteiger partial charge is 0.225 e. The van der Waals surface area contributed by atoms with Gasteiger partial charge in [-0.25, -0.2) is 14.4 Å². The van der Waals surface area contributed by atoms with E-state index < -0.39 is 0 Å². The number of piperazine rings is 1. The van der Waals surface area contributed by atoms with E-state index in [1.165, 1.54) is 12.1 Å². The second-order valence-corrected chi connectivity index (χ2v) is 6.16. The van der Waals surface area contributed by atoms with Crippen LogP contribution in [0, 0.1) is 5.82 Å². The number of nitrogens with two attached hydrogens (primary N) is 1. The summed E-state index contributed by atoms with van der Waals surface area (Å²) < 4.78 is 13.0. The fourth-order valence-corrected chi connectivity index (χ4v) is 2.97. The zero-order chi connectivity index (χ0) is 17.6. The van der Waals surface area contributed by atoms with Crippen molar-refractivity contribution in [3.63, 3.8) is 0 Å². The van der Waals surface area contributed by atoms with E-state index in [9.17, 15) is 4.39 Å². The molecule has 0 saturated carbocycles. The Morgan fingerprint density at radius 2 is 1.88 bits per heavy atom. The fraction of sp³-hybridized carbons (Fsp3) is 0.353. The first kappa shape index (κ1) is 20.6. The Kier molecular flexibility index (Phi) is 7.83. The molecule has 0 bridgehead atoms. The summed E-state index contributed by atoms with van der Waals surface area (Å²) in [5, 5.41) is 0.422. The molecule has 0 unspecified atom stereocenters. The van der Waals surface area contributed by atoms with Gasteiger partial charge >= 0.3 is 0 Å². The summed E-state index contributed by atoms with van der Waals surface area (Å²) >= 11 is 6.02. The van der Waals surface area contributed by atoms with Crippen LogP contribution in [0.2, 0.25) is 5.02 Å². The van der Waals surface area contributed by atoms with Gasteiger partial charge in [0, 0.05) is 50.1 Å². The van der Waals surface area contributed by atoms with Crippen LogP contribution in [0.5, 0.6) is 0 Å². The molecule has 0 aliphatic carbocycles. The molecule has 1 saturated heterocycles. The molecule has 0 radical (unpaired) electrons. The van der Waals surface area contributed by atoms with Crippen molar-refractivity contribution in [2.45, 2.75) is 6.42 Å². The molecule has 2 heterocycles. The van der Waals surface area contributed by atoms with Crippen LogP contribution in [0.4, 0.5) is 10.3 Å². The van der Waals surface area contributed by atoms with Crippen molar-refractivity contribution in [1.29, 1.82) is 0 Å². The van der Waals surface area contributed by atoms with Crippen LogP contribution in [-0.2, 0) is 6.42 Å². The number of hydrogen-bond acceptors (Lipinski definition) is 4. The van der Waals surface area contributed by atoms with Crippen molar-refractivity contribution >= 4 is 47.5 Å². The Morgan fingerprint density at radius 3 is 2.54 bits per heavy atom. The van der Waals surface area contributed by atoms with E-state index in [0.29, 0.717) is 23.9 Å². The first-order valence-corrected chi connectivity index (χ1v) is 8.52. The van der Waals surface area contributed by atoms with Gasteiger partial charge in [-0.1, -0.05) is 17.7 Å². The predicted molar refractivity (Wildman–Crippen MR) is 113 cm³/mol. The Labute approximate surface area is 174 Å². The van der Waals surface area contributed by atoms with E-state index in [1.54, 1.807) is 24.5 Å². The third-order valence-corrected chi connectivity index (χ3v) is 4.46. The molecule has 1 aromatic heterocycles. The van der Waals surface area contributed by atoms with Crippen LogP contribution in [0.25, 0.3) is 0 Å². The molecule has 0 amide bonds. The van der Waals surface area contributed by atoms with Crippen LogP contribution >= 0.6 is 35.6 Å². The van der Waals surface area contributed by atoms with Gasteiger partial charge in [0.15, 0.2) is 5.96 Å². The van der Waals surface area contributed by atoms with Gasteiger partial charge in [0.05, 0.1) is 0 Å². The number of hydrogen-bond donors (Lipinski definition) is 1. The fourth-order valence-electron chi connectivity index (χ4n) is 2.71. The van der Waals surface area contributed by atoms with Gasteiger partial charge in [-0.15, -0.1) is 24.0 Å². The van der Waals surface area contributed by atoms with Crippen molar-refractivity contribution in [2.24, 2.45) is 10.7 Å². The maximum absolute atomic E-state index is 13.0. The van der Waals surface area contributed by atoms with Gasteiger partial charge in [-0.3, -0.25) is 4.99 Å². The molecule has 0 spiro atoms. The average molecular weight is 491 g/mol. The molecule has 1 aliphatic rings. The van der Waals surface area contributed by atoms with Crippen LogP contribution < -0.4 is 10.6 Å². The van der Waals surface area contributed by atoms with Crippen molar-refractivity contribution in [3.05, 3.63) is 53.1 Å². The molecule has 0 atom stereocenters. The van der Waals surface area contributed by atoms with Crippen molar-refractivity contribution < 1.29 is 4.39 Å². The minimum Gasteiger partial charge on any atom is -0.370 e. The molecular weight excluding hydrogens is 470 g/mol. The van der Waals surface area contributed by atoms with E-state index in [4.69, 9.17) is 17.3 Å². The Morgan fingerprint density at radius 1 is 1.19 bits per heavy atom. The summed E-state index contributed by atoms with van der Waals surface area (Å²) in [6.07, 6.45) is 4.11. The summed E-state index contributed by atoms with van der Waals surface area (Å²) in [7, 11) is 0. The number of benzene rings is 1. The molecule has 2 N–H and O–H groups in total. The average Bonchev–Trinajstić information content (AvgIpc) is 2.64. The molecule has 2 aromatic rings. The van der Waals surface area contributed by atoms with Gasteiger partial charge in [-0.05, 0) is 30.2 Å². The lowest BCUT2D eigenvalue weighted by molar-refractivity contribution is 0.378. The molecule has 1 aliphatic heterocycles. The van der Waals surface area contributed by atoms with Gasteiger partial charge < -0.3 is 15.5 Å². The topological polar surface area (TPSA) is 70.6 Å².